The van der Waals surface area contributed by atoms with Gasteiger partial charge in [0.1, 0.15) is 0 Å². The minimum absolute atomic E-state index is 0.622. The van der Waals surface area contributed by atoms with Crippen LogP contribution in [0.5, 0.6) is 0 Å². The summed E-state index contributed by atoms with van der Waals surface area (Å²) in [6.45, 7) is 3.19. The highest BCUT2D eigenvalue weighted by molar-refractivity contribution is 7.99. The van der Waals surface area contributed by atoms with Crippen LogP contribution in [0.15, 0.2) is 24.3 Å². The standard InChI is InChI=1S/C11H14N2S2/c1-8(14-2)7-12-11-13-9-5-3-4-6-10(9)15-11/h3-6,8H,7H2,1-2H3,(H,12,13). The maximum atomic E-state index is 4.52. The van der Waals surface area contributed by atoms with E-state index >= 15 is 0 Å². The van der Waals surface area contributed by atoms with Crippen LogP contribution in [0.1, 0.15) is 6.92 Å². The zero-order valence-electron chi connectivity index (χ0n) is 8.86. The summed E-state index contributed by atoms with van der Waals surface area (Å²) in [6, 6.07) is 8.23. The van der Waals surface area contributed by atoms with Gasteiger partial charge in [0.25, 0.3) is 0 Å². The van der Waals surface area contributed by atoms with E-state index in [0.717, 1.165) is 17.2 Å². The number of fused-ring (bicyclic) bond motifs is 1. The summed E-state index contributed by atoms with van der Waals surface area (Å²) < 4.78 is 1.25. The first-order chi connectivity index (χ1) is 7.29. The Bertz CT molecular complexity index is 406. The molecule has 0 bridgehead atoms. The molecule has 0 aliphatic heterocycles. The Morgan fingerprint density at radius 3 is 3.00 bits per heavy atom. The molecule has 0 aliphatic carbocycles. The van der Waals surface area contributed by atoms with Gasteiger partial charge in [-0.1, -0.05) is 30.4 Å². The van der Waals surface area contributed by atoms with E-state index < -0.39 is 0 Å². The van der Waals surface area contributed by atoms with E-state index in [2.05, 4.69) is 41.7 Å². The number of benzene rings is 1. The molecule has 0 amide bonds. The minimum atomic E-state index is 0.622. The van der Waals surface area contributed by atoms with Crippen LogP contribution in [0, 0.1) is 0 Å². The van der Waals surface area contributed by atoms with E-state index in [1.165, 1.54) is 4.70 Å². The first-order valence-corrected chi connectivity index (χ1v) is 7.02. The highest BCUT2D eigenvalue weighted by atomic mass is 32.2. The fourth-order valence-corrected chi connectivity index (χ4v) is 2.38. The fraction of sp³-hybridized carbons (Fsp3) is 0.364. The van der Waals surface area contributed by atoms with Crippen molar-refractivity contribution in [3.63, 3.8) is 0 Å². The lowest BCUT2D eigenvalue weighted by atomic mass is 10.3. The molecule has 2 rings (SSSR count). The summed E-state index contributed by atoms with van der Waals surface area (Å²) in [6.07, 6.45) is 2.13. The van der Waals surface area contributed by atoms with Gasteiger partial charge in [-0.05, 0) is 18.4 Å². The molecule has 2 nitrogen and oxygen atoms in total. The fourth-order valence-electron chi connectivity index (χ4n) is 1.26. The van der Waals surface area contributed by atoms with Crippen LogP contribution < -0.4 is 5.32 Å². The molecule has 1 N–H and O–H groups in total. The molecule has 1 heterocycles. The lowest BCUT2D eigenvalue weighted by molar-refractivity contribution is 1.00. The molecule has 4 heteroatoms. The molecule has 0 saturated carbocycles. The van der Waals surface area contributed by atoms with Crippen molar-refractivity contribution in [3.8, 4) is 0 Å². The highest BCUT2D eigenvalue weighted by Gasteiger charge is 2.04. The topological polar surface area (TPSA) is 24.9 Å². The quantitative estimate of drug-likeness (QED) is 0.883. The third kappa shape index (κ3) is 2.63. The Labute approximate surface area is 98.1 Å². The van der Waals surface area contributed by atoms with Crippen molar-refractivity contribution in [2.24, 2.45) is 0 Å². The molecule has 0 aliphatic rings. The smallest absolute Gasteiger partial charge is 0.183 e. The van der Waals surface area contributed by atoms with Crippen molar-refractivity contribution in [3.05, 3.63) is 24.3 Å². The SMILES string of the molecule is CSC(C)CNc1nc2ccccc2s1. The molecule has 0 spiro atoms. The van der Waals surface area contributed by atoms with Crippen LogP contribution in [-0.4, -0.2) is 23.0 Å². The number of thiazole rings is 1. The average molecular weight is 238 g/mol. The van der Waals surface area contributed by atoms with E-state index in [9.17, 15) is 0 Å². The summed E-state index contributed by atoms with van der Waals surface area (Å²) in [5.41, 5.74) is 1.09. The van der Waals surface area contributed by atoms with Gasteiger partial charge >= 0.3 is 0 Å². The van der Waals surface area contributed by atoms with Gasteiger partial charge in [-0.25, -0.2) is 4.98 Å². The molecule has 1 aromatic carbocycles. The van der Waals surface area contributed by atoms with Crippen LogP contribution in [0.3, 0.4) is 0 Å². The van der Waals surface area contributed by atoms with Gasteiger partial charge in [0.05, 0.1) is 10.2 Å². The highest BCUT2D eigenvalue weighted by Crippen LogP contribution is 2.25. The second-order valence-electron chi connectivity index (χ2n) is 3.41. The van der Waals surface area contributed by atoms with Gasteiger partial charge in [-0.15, -0.1) is 0 Å². The van der Waals surface area contributed by atoms with Gasteiger partial charge in [-0.2, -0.15) is 11.8 Å². The van der Waals surface area contributed by atoms with Gasteiger partial charge in [0, 0.05) is 11.8 Å². The number of anilines is 1. The monoisotopic (exact) mass is 238 g/mol. The number of thioether (sulfide) groups is 1. The number of nitrogens with zero attached hydrogens (tertiary/aromatic N) is 1. The van der Waals surface area contributed by atoms with Crippen molar-refractivity contribution in [1.29, 1.82) is 0 Å². The van der Waals surface area contributed by atoms with E-state index in [4.69, 9.17) is 0 Å². The lowest BCUT2D eigenvalue weighted by Gasteiger charge is -2.07. The molecule has 1 unspecified atom stereocenters. The Hall–Kier alpha value is -0.740. The van der Waals surface area contributed by atoms with Gasteiger partial charge in [0.2, 0.25) is 0 Å². The van der Waals surface area contributed by atoms with Crippen molar-refractivity contribution in [2.45, 2.75) is 12.2 Å². The van der Waals surface area contributed by atoms with Crippen molar-refractivity contribution >= 4 is 38.4 Å². The first-order valence-electron chi connectivity index (χ1n) is 4.92. The van der Waals surface area contributed by atoms with E-state index in [1.807, 2.05) is 17.8 Å². The molecule has 80 valence electrons. The normalized spacial score (nSPS) is 12.9. The largest absolute Gasteiger partial charge is 0.360 e. The molecular formula is C11H14N2S2. The van der Waals surface area contributed by atoms with E-state index in [0.29, 0.717) is 5.25 Å². The van der Waals surface area contributed by atoms with Gasteiger partial charge in [0.15, 0.2) is 5.13 Å². The second-order valence-corrected chi connectivity index (χ2v) is 5.72. The summed E-state index contributed by atoms with van der Waals surface area (Å²) in [5, 5.41) is 5.02. The van der Waals surface area contributed by atoms with Crippen LogP contribution >= 0.6 is 23.1 Å². The summed E-state index contributed by atoms with van der Waals surface area (Å²) in [5.74, 6) is 0. The molecule has 2 aromatic rings. The molecule has 0 fully saturated rings. The van der Waals surface area contributed by atoms with Gasteiger partial charge in [-0.3, -0.25) is 0 Å². The van der Waals surface area contributed by atoms with E-state index in [-0.39, 0.29) is 0 Å². The number of hydrogen-bond donors (Lipinski definition) is 1. The maximum Gasteiger partial charge on any atom is 0.183 e. The van der Waals surface area contributed by atoms with E-state index in [1.54, 1.807) is 11.3 Å². The number of para-hydroxylation sites is 1. The number of rotatable bonds is 4. The molecule has 1 atom stereocenters. The number of hydrogen-bond acceptors (Lipinski definition) is 4. The Morgan fingerprint density at radius 2 is 2.27 bits per heavy atom. The predicted molar refractivity (Wildman–Crippen MR) is 71.1 cm³/mol. The first kappa shape index (κ1) is 10.8. The van der Waals surface area contributed by atoms with Crippen molar-refractivity contribution < 1.29 is 0 Å². The molecule has 15 heavy (non-hydrogen) atoms. The predicted octanol–water partition coefficient (Wildman–Crippen LogP) is 3.46. The molecule has 1 aromatic heterocycles. The van der Waals surface area contributed by atoms with Crippen LogP contribution in [0.2, 0.25) is 0 Å². The zero-order valence-corrected chi connectivity index (χ0v) is 10.5. The molecule has 0 radical (unpaired) electrons. The summed E-state index contributed by atoms with van der Waals surface area (Å²) in [7, 11) is 0. The maximum absolute atomic E-state index is 4.52. The van der Waals surface area contributed by atoms with Crippen molar-refractivity contribution in [1.82, 2.24) is 4.98 Å². The second kappa shape index (κ2) is 4.86. The minimum Gasteiger partial charge on any atom is -0.360 e. The Morgan fingerprint density at radius 1 is 1.47 bits per heavy atom. The third-order valence-electron chi connectivity index (χ3n) is 2.24. The summed E-state index contributed by atoms with van der Waals surface area (Å²) in [4.78, 5) is 4.52. The zero-order chi connectivity index (χ0) is 10.7. The summed E-state index contributed by atoms with van der Waals surface area (Å²) >= 11 is 3.58. The Balaban J connectivity index is 2.09. The van der Waals surface area contributed by atoms with Gasteiger partial charge < -0.3 is 5.32 Å². The number of nitrogens with one attached hydrogen (secondary N) is 1. The van der Waals surface area contributed by atoms with Crippen LogP contribution in [-0.2, 0) is 0 Å². The Kier molecular flexibility index (Phi) is 3.49. The van der Waals surface area contributed by atoms with Crippen LogP contribution in [0.25, 0.3) is 10.2 Å². The third-order valence-corrected chi connectivity index (χ3v) is 4.20. The average Bonchev–Trinajstić information content (AvgIpc) is 2.68. The molecular weight excluding hydrogens is 224 g/mol. The number of aromatic nitrogens is 1. The van der Waals surface area contributed by atoms with Crippen LogP contribution in [0.4, 0.5) is 5.13 Å². The lowest BCUT2D eigenvalue weighted by Crippen LogP contribution is -2.12. The van der Waals surface area contributed by atoms with Crippen molar-refractivity contribution in [2.75, 3.05) is 18.1 Å². The molecule has 0 saturated heterocycles.